The Balaban J connectivity index is 2.27. The van der Waals surface area contributed by atoms with Gasteiger partial charge in [-0.1, -0.05) is 13.8 Å². The van der Waals surface area contributed by atoms with Gasteiger partial charge in [-0.2, -0.15) is 0 Å². The second-order valence-corrected chi connectivity index (χ2v) is 8.37. The first kappa shape index (κ1) is 19.3. The van der Waals surface area contributed by atoms with Crippen LogP contribution in [0.4, 0.5) is 0 Å². The topological polar surface area (TPSA) is 123 Å². The minimum Gasteiger partial charge on any atom is -0.346 e. The molecule has 0 atom stereocenters. The molecule has 1 aliphatic rings. The average Bonchev–Trinajstić information content (AvgIpc) is 3.42. The van der Waals surface area contributed by atoms with Crippen LogP contribution in [0.5, 0.6) is 0 Å². The van der Waals surface area contributed by atoms with E-state index in [9.17, 15) is 14.4 Å². The third kappa shape index (κ3) is 3.95. The third-order valence-electron chi connectivity index (χ3n) is 4.72. The van der Waals surface area contributed by atoms with Gasteiger partial charge >= 0.3 is 5.69 Å². The lowest BCUT2D eigenvalue weighted by Crippen LogP contribution is -2.49. The Morgan fingerprint density at radius 1 is 1.41 bits per heavy atom. The zero-order chi connectivity index (χ0) is 19.9. The molecule has 1 saturated carbocycles. The fraction of sp³-hybridized carbons (Fsp3) is 0.579. The van der Waals surface area contributed by atoms with E-state index >= 15 is 0 Å². The number of amides is 1. The molecule has 1 aliphatic carbocycles. The van der Waals surface area contributed by atoms with Gasteiger partial charge in [0.15, 0.2) is 5.65 Å². The van der Waals surface area contributed by atoms with E-state index in [-0.39, 0.29) is 40.9 Å². The van der Waals surface area contributed by atoms with Crippen LogP contribution in [0, 0.1) is 5.92 Å². The average molecular weight is 373 g/mol. The highest BCUT2D eigenvalue weighted by Gasteiger charge is 2.30. The molecule has 0 radical (unpaired) electrons. The van der Waals surface area contributed by atoms with Gasteiger partial charge in [0.1, 0.15) is 0 Å². The van der Waals surface area contributed by atoms with Gasteiger partial charge in [-0.3, -0.25) is 19.1 Å². The molecule has 8 nitrogen and oxygen atoms in total. The molecular weight excluding hydrogens is 346 g/mol. The van der Waals surface area contributed by atoms with E-state index in [0.29, 0.717) is 6.54 Å². The van der Waals surface area contributed by atoms with Crippen molar-refractivity contribution in [2.75, 3.05) is 6.54 Å². The quantitative estimate of drug-likeness (QED) is 0.699. The van der Waals surface area contributed by atoms with E-state index in [1.54, 1.807) is 6.07 Å². The standard InChI is InChI=1S/C19H27N5O3/c1-10(2)8-24-15-14(17(26)22-18(24)27)12(7-13(21-15)11-5-6-11)16(25)23-19(3,4)9-20/h7,10-11H,5-6,8-9,20H2,1-4H3,(H,23,25)(H,22,26,27). The summed E-state index contributed by atoms with van der Waals surface area (Å²) in [4.78, 5) is 44.9. The van der Waals surface area contributed by atoms with E-state index in [2.05, 4.69) is 15.3 Å². The molecule has 8 heteroatoms. The normalized spacial score (nSPS) is 14.7. The number of aromatic amines is 1. The Morgan fingerprint density at radius 2 is 2.07 bits per heavy atom. The molecule has 4 N–H and O–H groups in total. The maximum absolute atomic E-state index is 13.0. The maximum atomic E-state index is 13.0. The van der Waals surface area contributed by atoms with E-state index in [0.717, 1.165) is 18.5 Å². The van der Waals surface area contributed by atoms with Crippen LogP contribution in [-0.4, -0.2) is 32.5 Å². The van der Waals surface area contributed by atoms with Crippen LogP contribution in [0.2, 0.25) is 0 Å². The number of nitrogens with one attached hydrogen (secondary N) is 2. The highest BCUT2D eigenvalue weighted by molar-refractivity contribution is 6.05. The summed E-state index contributed by atoms with van der Waals surface area (Å²) in [5, 5.41) is 3.01. The smallest absolute Gasteiger partial charge is 0.330 e. The first-order valence-electron chi connectivity index (χ1n) is 9.33. The summed E-state index contributed by atoms with van der Waals surface area (Å²) in [5.74, 6) is 0.0574. The number of pyridine rings is 1. The third-order valence-corrected chi connectivity index (χ3v) is 4.72. The van der Waals surface area contributed by atoms with E-state index in [4.69, 9.17) is 5.73 Å². The van der Waals surface area contributed by atoms with E-state index in [1.807, 2.05) is 27.7 Å². The van der Waals surface area contributed by atoms with Crippen LogP contribution in [0.1, 0.15) is 62.5 Å². The first-order valence-corrected chi connectivity index (χ1v) is 9.33. The van der Waals surface area contributed by atoms with Crippen LogP contribution in [0.25, 0.3) is 11.0 Å². The van der Waals surface area contributed by atoms with Crippen molar-refractivity contribution < 1.29 is 4.79 Å². The molecule has 0 aromatic carbocycles. The van der Waals surface area contributed by atoms with Gasteiger partial charge in [0, 0.05) is 30.2 Å². The molecule has 2 heterocycles. The molecule has 1 amide bonds. The summed E-state index contributed by atoms with van der Waals surface area (Å²) in [6, 6.07) is 1.68. The van der Waals surface area contributed by atoms with Gasteiger partial charge < -0.3 is 11.1 Å². The Kier molecular flexibility index (Phi) is 4.94. The summed E-state index contributed by atoms with van der Waals surface area (Å²) in [7, 11) is 0. The Labute approximate surface area is 157 Å². The molecule has 27 heavy (non-hydrogen) atoms. The van der Waals surface area contributed by atoms with E-state index in [1.165, 1.54) is 4.57 Å². The van der Waals surface area contributed by atoms with Gasteiger partial charge in [-0.25, -0.2) is 9.78 Å². The first-order chi connectivity index (χ1) is 12.6. The van der Waals surface area contributed by atoms with Crippen molar-refractivity contribution in [3.8, 4) is 0 Å². The minimum atomic E-state index is -0.619. The van der Waals surface area contributed by atoms with E-state index < -0.39 is 16.8 Å². The molecule has 0 bridgehead atoms. The number of fused-ring (bicyclic) bond motifs is 1. The fourth-order valence-corrected chi connectivity index (χ4v) is 3.02. The monoisotopic (exact) mass is 373 g/mol. The van der Waals surface area contributed by atoms with Crippen LogP contribution < -0.4 is 22.3 Å². The summed E-state index contributed by atoms with van der Waals surface area (Å²) in [5.41, 5.74) is 5.27. The molecule has 0 unspecified atom stereocenters. The molecule has 0 spiro atoms. The van der Waals surface area contributed by atoms with Gasteiger partial charge in [-0.05, 0) is 38.7 Å². The predicted molar refractivity (Wildman–Crippen MR) is 104 cm³/mol. The van der Waals surface area contributed by atoms with Crippen molar-refractivity contribution >= 4 is 16.9 Å². The lowest BCUT2D eigenvalue weighted by molar-refractivity contribution is 0.0917. The lowest BCUT2D eigenvalue weighted by Gasteiger charge is -2.24. The van der Waals surface area contributed by atoms with Gasteiger partial charge in [-0.15, -0.1) is 0 Å². The molecule has 0 aliphatic heterocycles. The summed E-state index contributed by atoms with van der Waals surface area (Å²) < 4.78 is 1.46. The van der Waals surface area contributed by atoms with Crippen molar-refractivity contribution in [3.63, 3.8) is 0 Å². The lowest BCUT2D eigenvalue weighted by atomic mass is 10.0. The largest absolute Gasteiger partial charge is 0.346 e. The Hall–Kier alpha value is -2.48. The van der Waals surface area contributed by atoms with Gasteiger partial charge in [0.25, 0.3) is 11.5 Å². The highest BCUT2D eigenvalue weighted by Crippen LogP contribution is 2.39. The number of hydrogen-bond acceptors (Lipinski definition) is 5. The molecular formula is C19H27N5O3. The predicted octanol–water partition coefficient (Wildman–Crippen LogP) is 1.09. The second kappa shape index (κ2) is 6.92. The Bertz CT molecular complexity index is 999. The zero-order valence-electron chi connectivity index (χ0n) is 16.3. The SMILES string of the molecule is CC(C)Cn1c(=O)[nH]c(=O)c2c(C(=O)NC(C)(C)CN)cc(C3CC3)nc21. The van der Waals surface area contributed by atoms with Crippen molar-refractivity contribution in [3.05, 3.63) is 38.2 Å². The van der Waals surface area contributed by atoms with Crippen molar-refractivity contribution in [1.29, 1.82) is 0 Å². The van der Waals surface area contributed by atoms with Crippen LogP contribution in [-0.2, 0) is 6.54 Å². The molecule has 1 fully saturated rings. The number of carbonyl (C=O) groups excluding carboxylic acids is 1. The fourth-order valence-electron chi connectivity index (χ4n) is 3.02. The van der Waals surface area contributed by atoms with Crippen LogP contribution >= 0.6 is 0 Å². The number of carbonyl (C=O) groups is 1. The molecule has 0 saturated heterocycles. The second-order valence-electron chi connectivity index (χ2n) is 8.37. The summed E-state index contributed by atoms with van der Waals surface area (Å²) in [6.07, 6.45) is 1.98. The van der Waals surface area contributed by atoms with Crippen molar-refractivity contribution in [1.82, 2.24) is 19.9 Å². The molecule has 3 rings (SSSR count). The molecule has 146 valence electrons. The number of nitrogens with two attached hydrogens (primary N) is 1. The zero-order valence-corrected chi connectivity index (χ0v) is 16.3. The number of aromatic nitrogens is 3. The van der Waals surface area contributed by atoms with Crippen molar-refractivity contribution in [2.45, 2.75) is 58.5 Å². The van der Waals surface area contributed by atoms with Crippen molar-refractivity contribution in [2.24, 2.45) is 11.7 Å². The number of rotatable bonds is 6. The maximum Gasteiger partial charge on any atom is 0.330 e. The summed E-state index contributed by atoms with van der Waals surface area (Å²) >= 11 is 0. The molecule has 2 aromatic heterocycles. The summed E-state index contributed by atoms with van der Waals surface area (Å²) in [6.45, 7) is 8.25. The van der Waals surface area contributed by atoms with Crippen LogP contribution in [0.15, 0.2) is 15.7 Å². The van der Waals surface area contributed by atoms with Crippen LogP contribution in [0.3, 0.4) is 0 Å². The molecule has 2 aromatic rings. The number of hydrogen-bond donors (Lipinski definition) is 3. The Morgan fingerprint density at radius 3 is 2.63 bits per heavy atom. The number of nitrogens with zero attached hydrogens (tertiary/aromatic N) is 2. The van der Waals surface area contributed by atoms with Gasteiger partial charge in [0.05, 0.1) is 10.9 Å². The number of H-pyrrole nitrogens is 1. The minimum absolute atomic E-state index is 0.143. The van der Waals surface area contributed by atoms with Gasteiger partial charge in [0.2, 0.25) is 0 Å². The highest BCUT2D eigenvalue weighted by atomic mass is 16.2.